The molecule has 3 aromatic carbocycles. The summed E-state index contributed by atoms with van der Waals surface area (Å²) in [6.07, 6.45) is 0. The van der Waals surface area contributed by atoms with Crippen molar-refractivity contribution in [2.24, 2.45) is 0 Å². The molecule has 9 heteroatoms. The maximum absolute atomic E-state index is 5.21. The Labute approximate surface area is 319 Å². The van der Waals surface area contributed by atoms with Crippen LogP contribution in [-0.4, -0.2) is 46.6 Å². The minimum atomic E-state index is -1.03. The number of aryl methyl sites for hydroxylation is 2. The minimum Gasteiger partial charge on any atom is -0.405 e. The number of hydrogen-bond acceptors (Lipinski definition) is 4. The van der Waals surface area contributed by atoms with E-state index in [1.807, 2.05) is 55.4 Å². The van der Waals surface area contributed by atoms with Crippen molar-refractivity contribution in [3.63, 3.8) is 0 Å². The fourth-order valence-corrected chi connectivity index (χ4v) is 11.9. The second-order valence-corrected chi connectivity index (χ2v) is 21.3. The molecule has 2 heterocycles. The van der Waals surface area contributed by atoms with Gasteiger partial charge >= 0.3 is 15.4 Å². The van der Waals surface area contributed by atoms with E-state index >= 15 is 0 Å². The number of rotatable bonds is 6. The number of hydrogen-bond donors (Lipinski definition) is 0. The zero-order chi connectivity index (χ0) is 34.5. The second kappa shape index (κ2) is 19.7. The van der Waals surface area contributed by atoms with E-state index in [9.17, 15) is 0 Å². The third-order valence-corrected chi connectivity index (χ3v) is 16.3. The molecule has 4 nitrogen and oxygen atoms in total. The van der Waals surface area contributed by atoms with E-state index in [1.165, 1.54) is 37.1 Å². The molecule has 0 aromatic heterocycles. The van der Waals surface area contributed by atoms with Crippen molar-refractivity contribution < 1.29 is 38.7 Å². The zero-order valence-corrected chi connectivity index (χ0v) is 37.6. The van der Waals surface area contributed by atoms with Gasteiger partial charge in [0.25, 0.3) is 0 Å². The van der Waals surface area contributed by atoms with Crippen molar-refractivity contribution in [2.75, 3.05) is 0 Å². The Balaban J connectivity index is 0.000000902. The van der Waals surface area contributed by atoms with Crippen LogP contribution in [0.15, 0.2) is 72.8 Å². The van der Waals surface area contributed by atoms with E-state index in [0.29, 0.717) is 0 Å². The van der Waals surface area contributed by atoms with Crippen LogP contribution in [0.5, 0.6) is 0 Å². The Morgan fingerprint density at radius 1 is 0.531 bits per heavy atom. The monoisotopic (exact) mass is 881 g/mol. The van der Waals surface area contributed by atoms with E-state index in [1.54, 1.807) is 10.5 Å². The molecular weight excluding hydrogens is 817 g/mol. The number of benzene rings is 3. The average molecular weight is 881 g/mol. The Bertz CT molecular complexity index is 1280. The van der Waals surface area contributed by atoms with Crippen molar-refractivity contribution in [3.8, 4) is 0 Å². The Kier molecular flexibility index (Phi) is 19.2. The van der Waals surface area contributed by atoms with E-state index in [0.717, 1.165) is 11.1 Å². The molecule has 2 saturated heterocycles. The third-order valence-electron chi connectivity index (χ3n) is 9.70. The van der Waals surface area contributed by atoms with Gasteiger partial charge in [0.05, 0.1) is 39.1 Å². The van der Waals surface area contributed by atoms with Gasteiger partial charge in [0.1, 0.15) is 15.9 Å². The zero-order valence-electron chi connectivity index (χ0n) is 33.2. The van der Waals surface area contributed by atoms with E-state index in [-0.39, 0.29) is 57.4 Å². The first-order chi connectivity index (χ1) is 21.3. The summed E-state index contributed by atoms with van der Waals surface area (Å²) in [6, 6.07) is 27.9. The van der Waals surface area contributed by atoms with E-state index in [4.69, 9.17) is 18.6 Å². The average Bonchev–Trinajstić information content (AvgIpc) is 3.36. The van der Waals surface area contributed by atoms with Crippen molar-refractivity contribution in [3.05, 3.63) is 98.8 Å². The maximum Gasteiger partial charge on any atom is 0.488 e. The van der Waals surface area contributed by atoms with Crippen LogP contribution >= 0.6 is 7.92 Å². The van der Waals surface area contributed by atoms with Crippen molar-refractivity contribution in [2.45, 2.75) is 130 Å². The molecule has 4 radical (unpaired) electrons. The molecule has 2 aliphatic rings. The van der Waals surface area contributed by atoms with Crippen LogP contribution < -0.4 is 21.1 Å². The molecular formula is C40H63B2IrO4PSi-. The Morgan fingerprint density at radius 3 is 1.10 bits per heavy atom. The topological polar surface area (TPSA) is 36.9 Å². The summed E-state index contributed by atoms with van der Waals surface area (Å²) in [7, 11) is 1.17. The van der Waals surface area contributed by atoms with Gasteiger partial charge in [-0.3, -0.25) is 0 Å². The fourth-order valence-electron chi connectivity index (χ4n) is 5.26. The molecule has 0 spiro atoms. The quantitative estimate of drug-likeness (QED) is 0.142. The van der Waals surface area contributed by atoms with Gasteiger partial charge in [0.15, 0.2) is 0 Å². The van der Waals surface area contributed by atoms with E-state index in [2.05, 4.69) is 114 Å². The largest absolute Gasteiger partial charge is 0.488 e. The SMILES string of the molecule is CC1(C)O[B]OC1(C)C.CC1(C)O[B]OC1(C)C.Cc1ccc([PH+](c2ccc(C)cc2)c2ccccc2[Si](C(C)C)C(C)C)cc1.[CH3-].[CH3-].[Ir]. The molecule has 49 heavy (non-hydrogen) atoms. The summed E-state index contributed by atoms with van der Waals surface area (Å²) in [6.45, 7) is 30.1. The standard InChI is InChI=1S/C26H32PSi.2C6H12BO2.2CH3.Ir/c1-19(2)28(20(3)4)26-10-8-7-9-25(26)27(23-15-11-21(5)12-16-23)24-17-13-22(6)14-18-24;2*1-5(2)6(3,4)9-7-8-5;;;/h7-20H,1-6H3;2*1-4H3;2*1H3;/q;;;2*-1;/p+1. The summed E-state index contributed by atoms with van der Waals surface area (Å²) in [5.74, 6) is 0. The van der Waals surface area contributed by atoms with Gasteiger partial charge < -0.3 is 33.5 Å². The van der Waals surface area contributed by atoms with Crippen LogP contribution in [0.3, 0.4) is 0 Å². The molecule has 0 amide bonds. The normalized spacial score (nSPS) is 17.7. The molecule has 0 unspecified atom stereocenters. The van der Waals surface area contributed by atoms with Crippen LogP contribution in [-0.2, 0) is 38.7 Å². The van der Waals surface area contributed by atoms with Crippen molar-refractivity contribution in [1.29, 1.82) is 0 Å². The molecule has 0 N–H and O–H groups in total. The molecule has 2 fully saturated rings. The first kappa shape index (κ1) is 47.9. The van der Waals surface area contributed by atoms with E-state index < -0.39 is 16.7 Å². The predicted molar refractivity (Wildman–Crippen MR) is 217 cm³/mol. The third kappa shape index (κ3) is 12.3. The molecule has 5 rings (SSSR count). The van der Waals surface area contributed by atoms with Crippen LogP contribution in [0.25, 0.3) is 0 Å². The summed E-state index contributed by atoms with van der Waals surface area (Å²) in [4.78, 5) is 0. The first-order valence-corrected chi connectivity index (χ1v) is 19.8. The summed E-state index contributed by atoms with van der Waals surface area (Å²) in [5, 5.41) is 6.21. The van der Waals surface area contributed by atoms with Gasteiger partial charge in [-0.1, -0.05) is 81.3 Å². The molecule has 272 valence electrons. The summed E-state index contributed by atoms with van der Waals surface area (Å²) in [5.41, 5.74) is 3.36. The molecule has 0 bridgehead atoms. The van der Waals surface area contributed by atoms with Gasteiger partial charge in [-0.15, -0.1) is 0 Å². The van der Waals surface area contributed by atoms with Gasteiger partial charge in [-0.2, -0.15) is 0 Å². The van der Waals surface area contributed by atoms with Crippen molar-refractivity contribution in [1.82, 2.24) is 0 Å². The first-order valence-electron chi connectivity index (χ1n) is 16.6. The summed E-state index contributed by atoms with van der Waals surface area (Å²) < 4.78 is 20.8. The van der Waals surface area contributed by atoms with Gasteiger partial charge in [-0.05, 0) is 116 Å². The molecule has 0 saturated carbocycles. The minimum absolute atomic E-state index is 0. The van der Waals surface area contributed by atoms with Gasteiger partial charge in [-0.25, -0.2) is 0 Å². The van der Waals surface area contributed by atoms with Crippen LogP contribution in [0.4, 0.5) is 0 Å². The second-order valence-electron chi connectivity index (χ2n) is 15.1. The Morgan fingerprint density at radius 2 is 0.837 bits per heavy atom. The molecule has 0 aliphatic carbocycles. The fraction of sp³-hybridized carbons (Fsp3) is 0.500. The molecule has 3 aromatic rings. The Hall–Kier alpha value is -1.07. The predicted octanol–water partition coefficient (Wildman–Crippen LogP) is 8.46. The smallest absolute Gasteiger partial charge is 0.405 e. The summed E-state index contributed by atoms with van der Waals surface area (Å²) >= 11 is 0. The van der Waals surface area contributed by atoms with Crippen LogP contribution in [0.1, 0.15) is 94.2 Å². The molecule has 2 aliphatic heterocycles. The van der Waals surface area contributed by atoms with Gasteiger partial charge in [0.2, 0.25) is 0 Å². The van der Waals surface area contributed by atoms with Crippen LogP contribution in [0, 0.1) is 28.7 Å². The van der Waals surface area contributed by atoms with Gasteiger partial charge in [0, 0.05) is 20.1 Å². The molecule has 0 atom stereocenters. The van der Waals surface area contributed by atoms with Crippen molar-refractivity contribution >= 4 is 53.2 Å². The van der Waals surface area contributed by atoms with Crippen LogP contribution in [0.2, 0.25) is 11.1 Å². The maximum atomic E-state index is 5.21.